The van der Waals surface area contributed by atoms with E-state index in [4.69, 9.17) is 11.6 Å². The van der Waals surface area contributed by atoms with Crippen molar-refractivity contribution in [3.8, 4) is 0 Å². The van der Waals surface area contributed by atoms with E-state index in [1.54, 1.807) is 41.6 Å². The second-order valence-corrected chi connectivity index (χ2v) is 6.30. The molecule has 1 aromatic heterocycles. The molecule has 2 heterocycles. The second-order valence-electron chi connectivity index (χ2n) is 5.87. The molecular weight excluding hydrogens is 344 g/mol. The Bertz CT molecular complexity index is 777. The number of amides is 1. The number of carbonyl (C=O) groups is 1. The van der Waals surface area contributed by atoms with E-state index in [1.807, 2.05) is 0 Å². The van der Waals surface area contributed by atoms with E-state index in [0.29, 0.717) is 29.4 Å². The van der Waals surface area contributed by atoms with Crippen LogP contribution in [0.15, 0.2) is 42.7 Å². The molecule has 0 spiro atoms. The number of rotatable bonds is 4. The topological polar surface area (TPSA) is 88.4 Å². The van der Waals surface area contributed by atoms with Crippen LogP contribution in [0.2, 0.25) is 5.02 Å². The number of nitrogens with one attached hydrogen (secondary N) is 1. The minimum absolute atomic E-state index is 0.0154. The van der Waals surface area contributed by atoms with Crippen LogP contribution in [0.5, 0.6) is 0 Å². The molecule has 1 aliphatic rings. The summed E-state index contributed by atoms with van der Waals surface area (Å²) in [5, 5.41) is 14.7. The SMILES string of the molecule is O=C(c1ccncc1)N1CCC(Nc2ccc(Cl)cc2[N+](=O)[O-])CC1. The Morgan fingerprint density at radius 1 is 1.24 bits per heavy atom. The molecule has 1 N–H and O–H groups in total. The van der Waals surface area contributed by atoms with Crippen molar-refractivity contribution < 1.29 is 9.72 Å². The Hall–Kier alpha value is -2.67. The molecule has 0 aliphatic carbocycles. The van der Waals surface area contributed by atoms with E-state index in [0.717, 1.165) is 12.8 Å². The number of pyridine rings is 1. The molecule has 1 aromatic carbocycles. The van der Waals surface area contributed by atoms with Gasteiger partial charge >= 0.3 is 0 Å². The van der Waals surface area contributed by atoms with Gasteiger partial charge in [0.2, 0.25) is 0 Å². The van der Waals surface area contributed by atoms with Gasteiger partial charge in [0.05, 0.1) is 4.92 Å². The quantitative estimate of drug-likeness (QED) is 0.667. The molecular formula is C17H17ClN4O3. The predicted molar refractivity (Wildman–Crippen MR) is 94.9 cm³/mol. The molecule has 2 aromatic rings. The van der Waals surface area contributed by atoms with Crippen LogP contribution in [0.25, 0.3) is 0 Å². The van der Waals surface area contributed by atoms with E-state index < -0.39 is 4.92 Å². The van der Waals surface area contributed by atoms with Crippen LogP contribution in [0.1, 0.15) is 23.2 Å². The Balaban J connectivity index is 1.62. The molecule has 0 radical (unpaired) electrons. The van der Waals surface area contributed by atoms with Gasteiger partial charge in [0.25, 0.3) is 11.6 Å². The van der Waals surface area contributed by atoms with Crippen LogP contribution in [0, 0.1) is 10.1 Å². The van der Waals surface area contributed by atoms with Gasteiger partial charge in [-0.25, -0.2) is 0 Å². The molecule has 8 heteroatoms. The number of anilines is 1. The smallest absolute Gasteiger partial charge is 0.293 e. The summed E-state index contributed by atoms with van der Waals surface area (Å²) in [6.45, 7) is 1.19. The molecule has 0 bridgehead atoms. The maximum absolute atomic E-state index is 12.4. The van der Waals surface area contributed by atoms with Crippen LogP contribution in [-0.2, 0) is 0 Å². The largest absolute Gasteiger partial charge is 0.377 e. The highest BCUT2D eigenvalue weighted by molar-refractivity contribution is 6.30. The van der Waals surface area contributed by atoms with Crippen LogP contribution >= 0.6 is 11.6 Å². The Labute approximate surface area is 149 Å². The molecule has 7 nitrogen and oxygen atoms in total. The van der Waals surface area contributed by atoms with Crippen LogP contribution in [-0.4, -0.2) is 39.8 Å². The first-order chi connectivity index (χ1) is 12.0. The summed E-state index contributed by atoms with van der Waals surface area (Å²) in [5.41, 5.74) is 1.03. The molecule has 1 saturated heterocycles. The maximum Gasteiger partial charge on any atom is 0.293 e. The lowest BCUT2D eigenvalue weighted by atomic mass is 10.0. The average Bonchev–Trinajstić information content (AvgIpc) is 2.64. The highest BCUT2D eigenvalue weighted by Crippen LogP contribution is 2.29. The third kappa shape index (κ3) is 4.06. The van der Waals surface area contributed by atoms with Crippen molar-refractivity contribution in [2.45, 2.75) is 18.9 Å². The molecule has 25 heavy (non-hydrogen) atoms. The first-order valence-corrected chi connectivity index (χ1v) is 8.32. The molecule has 130 valence electrons. The summed E-state index contributed by atoms with van der Waals surface area (Å²) in [7, 11) is 0. The summed E-state index contributed by atoms with van der Waals surface area (Å²) in [6.07, 6.45) is 4.63. The van der Waals surface area contributed by atoms with Crippen LogP contribution in [0.4, 0.5) is 11.4 Å². The lowest BCUT2D eigenvalue weighted by molar-refractivity contribution is -0.384. The number of nitro groups is 1. The Morgan fingerprint density at radius 3 is 2.56 bits per heavy atom. The fourth-order valence-electron chi connectivity index (χ4n) is 2.90. The highest BCUT2D eigenvalue weighted by atomic mass is 35.5. The molecule has 0 saturated carbocycles. The molecule has 1 fully saturated rings. The van der Waals surface area contributed by atoms with Gasteiger partial charge in [0, 0.05) is 48.2 Å². The van der Waals surface area contributed by atoms with Gasteiger partial charge in [0.15, 0.2) is 0 Å². The monoisotopic (exact) mass is 360 g/mol. The Morgan fingerprint density at radius 2 is 1.92 bits per heavy atom. The van der Waals surface area contributed by atoms with Crippen molar-refractivity contribution in [3.05, 3.63) is 63.4 Å². The zero-order chi connectivity index (χ0) is 17.8. The van der Waals surface area contributed by atoms with Crippen LogP contribution in [0.3, 0.4) is 0 Å². The third-order valence-corrected chi connectivity index (χ3v) is 4.46. The minimum Gasteiger partial charge on any atom is -0.377 e. The number of aromatic nitrogens is 1. The van der Waals surface area contributed by atoms with Crippen molar-refractivity contribution in [2.24, 2.45) is 0 Å². The number of likely N-dealkylation sites (tertiary alicyclic amines) is 1. The van der Waals surface area contributed by atoms with Gasteiger partial charge in [-0.2, -0.15) is 0 Å². The van der Waals surface area contributed by atoms with E-state index in [-0.39, 0.29) is 17.6 Å². The second kappa shape index (κ2) is 7.48. The normalized spacial score (nSPS) is 15.0. The predicted octanol–water partition coefficient (Wildman–Crippen LogP) is 3.36. The standard InChI is InChI=1S/C17H17ClN4O3/c18-13-1-2-15(16(11-13)22(24)25)20-14-5-9-21(10-6-14)17(23)12-3-7-19-8-4-12/h1-4,7-8,11,14,20H,5-6,9-10H2. The number of benzene rings is 1. The molecule has 0 unspecified atom stereocenters. The number of hydrogen-bond donors (Lipinski definition) is 1. The van der Waals surface area contributed by atoms with E-state index in [9.17, 15) is 14.9 Å². The van der Waals surface area contributed by atoms with E-state index in [1.165, 1.54) is 6.07 Å². The molecule has 1 amide bonds. The van der Waals surface area contributed by atoms with Crippen LogP contribution < -0.4 is 5.32 Å². The third-order valence-electron chi connectivity index (χ3n) is 4.23. The first-order valence-electron chi connectivity index (χ1n) is 7.94. The zero-order valence-electron chi connectivity index (χ0n) is 13.4. The number of carbonyl (C=O) groups excluding carboxylic acids is 1. The lowest BCUT2D eigenvalue weighted by Gasteiger charge is -2.32. The Kier molecular flexibility index (Phi) is 5.14. The number of nitro benzene ring substituents is 1. The molecule has 0 atom stereocenters. The van der Waals surface area contributed by atoms with Crippen molar-refractivity contribution in [1.82, 2.24) is 9.88 Å². The zero-order valence-corrected chi connectivity index (χ0v) is 14.1. The maximum atomic E-state index is 12.4. The van der Waals surface area contributed by atoms with Gasteiger partial charge in [-0.15, -0.1) is 0 Å². The number of halogens is 1. The number of hydrogen-bond acceptors (Lipinski definition) is 5. The van der Waals surface area contributed by atoms with Gasteiger partial charge in [-0.3, -0.25) is 19.9 Å². The highest BCUT2D eigenvalue weighted by Gasteiger charge is 2.25. The minimum atomic E-state index is -0.448. The van der Waals surface area contributed by atoms with Gasteiger partial charge in [-0.05, 0) is 37.1 Å². The summed E-state index contributed by atoms with van der Waals surface area (Å²) in [6, 6.07) is 8.05. The van der Waals surface area contributed by atoms with Crippen molar-refractivity contribution in [3.63, 3.8) is 0 Å². The summed E-state index contributed by atoms with van der Waals surface area (Å²) >= 11 is 5.84. The van der Waals surface area contributed by atoms with E-state index in [2.05, 4.69) is 10.3 Å². The van der Waals surface area contributed by atoms with E-state index >= 15 is 0 Å². The van der Waals surface area contributed by atoms with Crippen molar-refractivity contribution in [2.75, 3.05) is 18.4 Å². The van der Waals surface area contributed by atoms with Gasteiger partial charge in [0.1, 0.15) is 5.69 Å². The number of piperidine rings is 1. The number of nitrogens with zero attached hydrogens (tertiary/aromatic N) is 3. The first kappa shape index (κ1) is 17.2. The van der Waals surface area contributed by atoms with Crippen molar-refractivity contribution in [1.29, 1.82) is 0 Å². The average molecular weight is 361 g/mol. The lowest BCUT2D eigenvalue weighted by Crippen LogP contribution is -2.42. The van der Waals surface area contributed by atoms with Crippen molar-refractivity contribution >= 4 is 28.9 Å². The summed E-state index contributed by atoms with van der Waals surface area (Å²) < 4.78 is 0. The molecule has 3 rings (SSSR count). The summed E-state index contributed by atoms with van der Waals surface area (Å²) in [4.78, 5) is 28.8. The fourth-order valence-corrected chi connectivity index (χ4v) is 3.07. The van der Waals surface area contributed by atoms with Gasteiger partial charge in [-0.1, -0.05) is 11.6 Å². The fraction of sp³-hybridized carbons (Fsp3) is 0.294. The molecule has 1 aliphatic heterocycles. The summed E-state index contributed by atoms with van der Waals surface area (Å²) in [5.74, 6) is -0.0154. The van der Waals surface area contributed by atoms with Gasteiger partial charge < -0.3 is 10.2 Å².